The number of ether oxygens (including phenoxy) is 1. The minimum atomic E-state index is -0.210. The molecule has 1 amide bonds. The molecule has 0 saturated heterocycles. The van der Waals surface area contributed by atoms with E-state index < -0.39 is 0 Å². The first kappa shape index (κ1) is 24.7. The second-order valence-corrected chi connectivity index (χ2v) is 5.04. The highest BCUT2D eigenvalue weighted by Crippen LogP contribution is 2.18. The van der Waals surface area contributed by atoms with Gasteiger partial charge >= 0.3 is 0 Å². The van der Waals surface area contributed by atoms with Crippen LogP contribution in [-0.4, -0.2) is 5.91 Å². The fourth-order valence-corrected chi connectivity index (χ4v) is 2.02. The molecule has 0 heterocycles. The van der Waals surface area contributed by atoms with Crippen LogP contribution in [-0.2, 0) is 11.3 Å². The maximum atomic E-state index is 12.2. The van der Waals surface area contributed by atoms with E-state index in [0.29, 0.717) is 29.3 Å². The fourth-order valence-electron chi connectivity index (χ4n) is 2.02. The number of nitrogens with two attached hydrogens (primary N) is 1. The van der Waals surface area contributed by atoms with E-state index in [1.807, 2.05) is 52.0 Å². The van der Waals surface area contributed by atoms with Gasteiger partial charge in [-0.3, -0.25) is 4.79 Å². The monoisotopic (exact) mass is 380 g/mol. The van der Waals surface area contributed by atoms with Gasteiger partial charge in [0.25, 0.3) is 5.91 Å². The van der Waals surface area contributed by atoms with Gasteiger partial charge < -0.3 is 15.8 Å². The molecule has 4 heteroatoms. The van der Waals surface area contributed by atoms with Crippen molar-refractivity contribution in [1.82, 2.24) is 0 Å². The van der Waals surface area contributed by atoms with Crippen LogP contribution in [0, 0.1) is 0 Å². The number of carbonyl (C=O) groups is 1. The van der Waals surface area contributed by atoms with E-state index in [4.69, 9.17) is 10.5 Å². The summed E-state index contributed by atoms with van der Waals surface area (Å²) < 4.78 is 5.58. The molecule has 0 fully saturated rings. The Kier molecular flexibility index (Phi) is 13.1. The molecule has 2 rings (SSSR count). The molecule has 0 radical (unpaired) electrons. The molecule has 28 heavy (non-hydrogen) atoms. The highest BCUT2D eigenvalue weighted by Gasteiger charge is 2.07. The molecule has 0 aliphatic heterocycles. The molecule has 0 saturated carbocycles. The van der Waals surface area contributed by atoms with Crippen LogP contribution in [0.4, 0.5) is 11.4 Å². The van der Waals surface area contributed by atoms with Gasteiger partial charge in [-0.2, -0.15) is 0 Å². The fraction of sp³-hybridized carbons (Fsp3) is 0.208. The van der Waals surface area contributed by atoms with Gasteiger partial charge in [-0.25, -0.2) is 0 Å². The van der Waals surface area contributed by atoms with E-state index in [1.165, 1.54) is 0 Å². The lowest BCUT2D eigenvalue weighted by atomic mass is 10.1. The van der Waals surface area contributed by atoms with Crippen molar-refractivity contribution in [1.29, 1.82) is 0 Å². The molecule has 0 bridgehead atoms. The van der Waals surface area contributed by atoms with Crippen LogP contribution in [0.25, 0.3) is 0 Å². The smallest absolute Gasteiger partial charge is 0.255 e. The lowest BCUT2D eigenvalue weighted by molar-refractivity contribution is 0.102. The van der Waals surface area contributed by atoms with Crippen molar-refractivity contribution in [3.05, 3.63) is 96.8 Å². The van der Waals surface area contributed by atoms with Crippen molar-refractivity contribution in [3.63, 3.8) is 0 Å². The average Bonchev–Trinajstić information content (AvgIpc) is 2.76. The topological polar surface area (TPSA) is 64.3 Å². The number of nitrogens with one attached hydrogen (secondary N) is 1. The molecule has 0 aromatic heterocycles. The second kappa shape index (κ2) is 14.9. The maximum absolute atomic E-state index is 12.2. The molecule has 2 aromatic carbocycles. The zero-order chi connectivity index (χ0) is 21.4. The molecule has 0 spiro atoms. The van der Waals surface area contributed by atoms with Crippen LogP contribution < -0.4 is 11.1 Å². The van der Waals surface area contributed by atoms with Crippen LogP contribution in [0.1, 0.15) is 43.6 Å². The van der Waals surface area contributed by atoms with Gasteiger partial charge in [0.05, 0.1) is 11.4 Å². The Bertz CT molecular complexity index is 762. The highest BCUT2D eigenvalue weighted by atomic mass is 16.5. The van der Waals surface area contributed by atoms with Gasteiger partial charge in [0.2, 0.25) is 0 Å². The summed E-state index contributed by atoms with van der Waals surface area (Å²) in [5, 5.41) is 2.79. The Labute approximate surface area is 169 Å². The summed E-state index contributed by atoms with van der Waals surface area (Å²) in [5.41, 5.74) is 8.45. The molecule has 3 N–H and O–H groups in total. The number of para-hydroxylation sites is 2. The minimum Gasteiger partial charge on any atom is -0.489 e. The third kappa shape index (κ3) is 8.41. The summed E-state index contributed by atoms with van der Waals surface area (Å²) in [6.45, 7) is 15.7. The zero-order valence-electron chi connectivity index (χ0n) is 17.4. The van der Waals surface area contributed by atoms with E-state index in [0.717, 1.165) is 5.56 Å². The molecular formula is C24H32N2O2. The first-order valence-corrected chi connectivity index (χ1v) is 9.47. The highest BCUT2D eigenvalue weighted by molar-refractivity contribution is 6.05. The molecule has 0 unspecified atom stereocenters. The predicted molar refractivity (Wildman–Crippen MR) is 121 cm³/mol. The quantitative estimate of drug-likeness (QED) is 0.334. The minimum absolute atomic E-state index is 0.210. The van der Waals surface area contributed by atoms with Gasteiger partial charge in [0.1, 0.15) is 12.4 Å². The zero-order valence-corrected chi connectivity index (χ0v) is 17.4. The van der Waals surface area contributed by atoms with Gasteiger partial charge in [-0.15, -0.1) is 0 Å². The van der Waals surface area contributed by atoms with E-state index in [-0.39, 0.29) is 5.91 Å². The summed E-state index contributed by atoms with van der Waals surface area (Å²) in [5.74, 6) is 0.435. The number of rotatable bonds is 7. The largest absolute Gasteiger partial charge is 0.489 e. The van der Waals surface area contributed by atoms with Crippen molar-refractivity contribution in [3.8, 4) is 0 Å². The maximum Gasteiger partial charge on any atom is 0.255 e. The molecule has 2 aromatic rings. The standard InChI is InChI=1S/C20H20N2O2.2C2H6/c1-3-7-17(4-2)24-14-15-10-12-16(13-11-15)20(23)22-19-9-6-5-8-18(19)21;2*1-2/h3-13H,1-2,14,21H2,(H,22,23);2*1-2H3/b17-7+;;. The van der Waals surface area contributed by atoms with E-state index in [9.17, 15) is 4.79 Å². The van der Waals surface area contributed by atoms with Gasteiger partial charge in [-0.1, -0.05) is 71.2 Å². The Morgan fingerprint density at radius 1 is 1.04 bits per heavy atom. The summed E-state index contributed by atoms with van der Waals surface area (Å²) in [4.78, 5) is 12.2. The molecule has 0 aliphatic rings. The Hall–Kier alpha value is -3.27. The van der Waals surface area contributed by atoms with Crippen molar-refractivity contribution in [2.24, 2.45) is 0 Å². The third-order valence-electron chi connectivity index (χ3n) is 3.31. The molecule has 0 atom stereocenters. The number of hydrogen-bond acceptors (Lipinski definition) is 3. The summed E-state index contributed by atoms with van der Waals surface area (Å²) in [7, 11) is 0. The second-order valence-electron chi connectivity index (χ2n) is 5.04. The van der Waals surface area contributed by atoms with Crippen molar-refractivity contribution < 1.29 is 9.53 Å². The number of anilines is 2. The van der Waals surface area contributed by atoms with Crippen LogP contribution in [0.15, 0.2) is 85.7 Å². The van der Waals surface area contributed by atoms with Gasteiger partial charge in [0.15, 0.2) is 0 Å². The lowest BCUT2D eigenvalue weighted by Crippen LogP contribution is -2.13. The van der Waals surface area contributed by atoms with Gasteiger partial charge in [0, 0.05) is 5.56 Å². The first-order valence-electron chi connectivity index (χ1n) is 9.47. The van der Waals surface area contributed by atoms with E-state index >= 15 is 0 Å². The van der Waals surface area contributed by atoms with Crippen molar-refractivity contribution in [2.45, 2.75) is 34.3 Å². The number of carbonyl (C=O) groups excluding carboxylic acids is 1. The van der Waals surface area contributed by atoms with Crippen LogP contribution in [0.2, 0.25) is 0 Å². The number of amides is 1. The normalized spacial score (nSPS) is 9.64. The molecule has 150 valence electrons. The van der Waals surface area contributed by atoms with Gasteiger partial charge in [-0.05, 0) is 42.0 Å². The third-order valence-corrected chi connectivity index (χ3v) is 3.31. The summed E-state index contributed by atoms with van der Waals surface area (Å²) in [6, 6.07) is 14.3. The van der Waals surface area contributed by atoms with Crippen molar-refractivity contribution >= 4 is 17.3 Å². The summed E-state index contributed by atoms with van der Waals surface area (Å²) >= 11 is 0. The van der Waals surface area contributed by atoms with Crippen LogP contribution in [0.3, 0.4) is 0 Å². The number of allylic oxidation sites excluding steroid dienone is 3. The van der Waals surface area contributed by atoms with Crippen LogP contribution >= 0.6 is 0 Å². The number of benzene rings is 2. The number of hydrogen-bond donors (Lipinski definition) is 2. The Balaban J connectivity index is 0.00000171. The van der Waals surface area contributed by atoms with E-state index in [2.05, 4.69) is 18.5 Å². The number of nitrogen functional groups attached to an aromatic ring is 1. The molecular weight excluding hydrogens is 348 g/mol. The Morgan fingerprint density at radius 2 is 1.64 bits per heavy atom. The van der Waals surface area contributed by atoms with Crippen LogP contribution in [0.5, 0.6) is 0 Å². The average molecular weight is 381 g/mol. The van der Waals surface area contributed by atoms with Crippen molar-refractivity contribution in [2.75, 3.05) is 11.1 Å². The predicted octanol–water partition coefficient (Wildman–Crippen LogP) is 6.35. The molecule has 0 aliphatic carbocycles. The SMILES string of the molecule is C=C/C=C(\C=C)OCc1ccc(C(=O)Nc2ccccc2N)cc1.CC.CC. The first-order chi connectivity index (χ1) is 13.6. The Morgan fingerprint density at radius 3 is 2.18 bits per heavy atom. The summed E-state index contributed by atoms with van der Waals surface area (Å²) in [6.07, 6.45) is 4.99. The lowest BCUT2D eigenvalue weighted by Gasteiger charge is -2.09. The molecule has 4 nitrogen and oxygen atoms in total. The van der Waals surface area contributed by atoms with E-state index in [1.54, 1.807) is 42.5 Å².